The van der Waals surface area contributed by atoms with Crippen LogP contribution in [0.5, 0.6) is 0 Å². The molecule has 0 unspecified atom stereocenters. The van der Waals surface area contributed by atoms with Crippen molar-refractivity contribution in [3.63, 3.8) is 0 Å². The van der Waals surface area contributed by atoms with Crippen LogP contribution in [0.4, 0.5) is 8.78 Å². The predicted molar refractivity (Wildman–Crippen MR) is 103 cm³/mol. The first-order valence-electron chi connectivity index (χ1n) is 8.51. The van der Waals surface area contributed by atoms with Crippen molar-refractivity contribution in [2.24, 2.45) is 0 Å². The van der Waals surface area contributed by atoms with Gasteiger partial charge in [-0.15, -0.1) is 0 Å². The lowest BCUT2D eigenvalue weighted by atomic mass is 10.00. The molecule has 0 fully saturated rings. The standard InChI is InChI=1S/C24H20F2/c1-15-5-10-22(24(26)11-15)21-9-8-20(23(25)14-21)7-6-19-12-16(2)18(4)17(3)13-19/h5,8-14H,1-4H3. The Balaban J connectivity index is 1.94. The maximum Gasteiger partial charge on any atom is 0.139 e. The SMILES string of the molecule is Cc1ccc(-c2ccc(C#Cc3cc(C)c(C)c(C)c3)c(F)c2)c(F)c1. The average Bonchev–Trinajstić information content (AvgIpc) is 2.58. The van der Waals surface area contributed by atoms with Gasteiger partial charge in [-0.2, -0.15) is 0 Å². The Morgan fingerprint density at radius 1 is 0.692 bits per heavy atom. The third kappa shape index (κ3) is 3.68. The molecule has 0 aliphatic rings. The van der Waals surface area contributed by atoms with E-state index in [1.807, 2.05) is 39.0 Å². The lowest BCUT2D eigenvalue weighted by Crippen LogP contribution is -1.90. The Morgan fingerprint density at radius 3 is 2.00 bits per heavy atom. The molecule has 0 aromatic heterocycles. The Kier molecular flexibility index (Phi) is 4.91. The maximum absolute atomic E-state index is 14.4. The normalized spacial score (nSPS) is 10.4. The molecule has 3 aromatic rings. The highest BCUT2D eigenvalue weighted by molar-refractivity contribution is 5.66. The third-order valence-corrected chi connectivity index (χ3v) is 4.67. The van der Waals surface area contributed by atoms with Gasteiger partial charge in [0.2, 0.25) is 0 Å². The van der Waals surface area contributed by atoms with Gasteiger partial charge in [-0.3, -0.25) is 0 Å². The molecule has 0 bridgehead atoms. The maximum atomic E-state index is 14.4. The van der Waals surface area contributed by atoms with Gasteiger partial charge in [0, 0.05) is 11.1 Å². The summed E-state index contributed by atoms with van der Waals surface area (Å²) in [5.41, 5.74) is 6.46. The van der Waals surface area contributed by atoms with Crippen molar-refractivity contribution in [3.8, 4) is 23.0 Å². The fraction of sp³-hybridized carbons (Fsp3) is 0.167. The zero-order chi connectivity index (χ0) is 18.8. The highest BCUT2D eigenvalue weighted by Gasteiger charge is 2.08. The second-order valence-electron chi connectivity index (χ2n) is 6.66. The first-order valence-corrected chi connectivity index (χ1v) is 8.51. The lowest BCUT2D eigenvalue weighted by molar-refractivity contribution is 0.622. The summed E-state index contributed by atoms with van der Waals surface area (Å²) < 4.78 is 28.5. The molecule has 3 aromatic carbocycles. The van der Waals surface area contributed by atoms with Gasteiger partial charge in [-0.1, -0.05) is 30.0 Å². The molecule has 0 spiro atoms. The Bertz CT molecular complexity index is 1030. The number of rotatable bonds is 1. The van der Waals surface area contributed by atoms with Crippen molar-refractivity contribution < 1.29 is 8.78 Å². The fourth-order valence-electron chi connectivity index (χ4n) is 2.89. The van der Waals surface area contributed by atoms with Gasteiger partial charge in [0.25, 0.3) is 0 Å². The van der Waals surface area contributed by atoms with Crippen molar-refractivity contribution in [2.45, 2.75) is 27.7 Å². The van der Waals surface area contributed by atoms with Gasteiger partial charge < -0.3 is 0 Å². The lowest BCUT2D eigenvalue weighted by Gasteiger charge is -2.06. The predicted octanol–water partition coefficient (Wildman–Crippen LogP) is 6.27. The van der Waals surface area contributed by atoms with E-state index in [0.29, 0.717) is 16.7 Å². The summed E-state index contributed by atoms with van der Waals surface area (Å²) in [5, 5.41) is 0. The number of benzene rings is 3. The molecule has 0 saturated heterocycles. The van der Waals surface area contributed by atoms with E-state index in [0.717, 1.165) is 11.1 Å². The highest BCUT2D eigenvalue weighted by Crippen LogP contribution is 2.25. The van der Waals surface area contributed by atoms with Gasteiger partial charge in [0.1, 0.15) is 11.6 Å². The van der Waals surface area contributed by atoms with Gasteiger partial charge >= 0.3 is 0 Å². The van der Waals surface area contributed by atoms with Crippen LogP contribution in [0.2, 0.25) is 0 Å². The van der Waals surface area contributed by atoms with Gasteiger partial charge in [-0.05, 0) is 85.8 Å². The van der Waals surface area contributed by atoms with Crippen LogP contribution in [0.15, 0.2) is 48.5 Å². The van der Waals surface area contributed by atoms with Gasteiger partial charge in [0.15, 0.2) is 0 Å². The molecule has 0 N–H and O–H groups in total. The fourth-order valence-corrected chi connectivity index (χ4v) is 2.89. The van der Waals surface area contributed by atoms with E-state index in [4.69, 9.17) is 0 Å². The molecule has 0 amide bonds. The van der Waals surface area contributed by atoms with Crippen LogP contribution in [-0.4, -0.2) is 0 Å². The van der Waals surface area contributed by atoms with Crippen molar-refractivity contribution in [3.05, 3.63) is 93.5 Å². The number of hydrogen-bond donors (Lipinski definition) is 0. The highest BCUT2D eigenvalue weighted by atomic mass is 19.1. The smallest absolute Gasteiger partial charge is 0.139 e. The number of hydrogen-bond acceptors (Lipinski definition) is 0. The molecule has 0 radical (unpaired) electrons. The quantitative estimate of drug-likeness (QED) is 0.456. The first-order chi connectivity index (χ1) is 12.3. The largest absolute Gasteiger partial charge is 0.206 e. The van der Waals surface area contributed by atoms with Crippen LogP contribution in [0, 0.1) is 51.2 Å². The minimum Gasteiger partial charge on any atom is -0.206 e. The molecule has 0 aliphatic carbocycles. The summed E-state index contributed by atoms with van der Waals surface area (Å²) in [6, 6.07) is 13.6. The minimum atomic E-state index is -0.449. The van der Waals surface area contributed by atoms with E-state index in [9.17, 15) is 8.78 Å². The second-order valence-corrected chi connectivity index (χ2v) is 6.66. The molecule has 0 heterocycles. The van der Waals surface area contributed by atoms with Crippen molar-refractivity contribution in [1.29, 1.82) is 0 Å². The molecule has 0 saturated carbocycles. The molecule has 0 atom stereocenters. The Hall–Kier alpha value is -2.92. The van der Waals surface area contributed by atoms with Crippen LogP contribution in [0.1, 0.15) is 33.4 Å². The minimum absolute atomic E-state index is 0.303. The van der Waals surface area contributed by atoms with E-state index in [1.165, 1.54) is 28.8 Å². The Morgan fingerprint density at radius 2 is 1.38 bits per heavy atom. The van der Waals surface area contributed by atoms with Crippen molar-refractivity contribution in [1.82, 2.24) is 0 Å². The summed E-state index contributed by atoms with van der Waals surface area (Å²) in [5.74, 6) is 5.11. The molecular formula is C24H20F2. The molecule has 3 rings (SSSR count). The third-order valence-electron chi connectivity index (χ3n) is 4.67. The van der Waals surface area contributed by atoms with Crippen LogP contribution in [0.25, 0.3) is 11.1 Å². The average molecular weight is 346 g/mol. The molecule has 130 valence electrons. The topological polar surface area (TPSA) is 0 Å². The zero-order valence-electron chi connectivity index (χ0n) is 15.4. The molecule has 0 aliphatic heterocycles. The summed E-state index contributed by atoms with van der Waals surface area (Å²) in [6.07, 6.45) is 0. The summed E-state index contributed by atoms with van der Waals surface area (Å²) in [4.78, 5) is 0. The van der Waals surface area contributed by atoms with Crippen LogP contribution in [-0.2, 0) is 0 Å². The summed E-state index contributed by atoms with van der Waals surface area (Å²) in [6.45, 7) is 7.98. The summed E-state index contributed by atoms with van der Waals surface area (Å²) >= 11 is 0. The van der Waals surface area contributed by atoms with E-state index in [-0.39, 0.29) is 5.82 Å². The van der Waals surface area contributed by atoms with E-state index < -0.39 is 5.82 Å². The van der Waals surface area contributed by atoms with Gasteiger partial charge in [0.05, 0.1) is 5.56 Å². The zero-order valence-corrected chi connectivity index (χ0v) is 15.4. The number of halogens is 2. The van der Waals surface area contributed by atoms with Crippen LogP contribution >= 0.6 is 0 Å². The Labute approximate surface area is 153 Å². The molecule has 26 heavy (non-hydrogen) atoms. The van der Waals surface area contributed by atoms with Crippen LogP contribution in [0.3, 0.4) is 0 Å². The summed E-state index contributed by atoms with van der Waals surface area (Å²) in [7, 11) is 0. The van der Waals surface area contributed by atoms with E-state index in [2.05, 4.69) is 18.8 Å². The van der Waals surface area contributed by atoms with Gasteiger partial charge in [-0.25, -0.2) is 8.78 Å². The molecular weight excluding hydrogens is 326 g/mol. The molecule has 2 heteroatoms. The van der Waals surface area contributed by atoms with E-state index >= 15 is 0 Å². The van der Waals surface area contributed by atoms with Crippen molar-refractivity contribution >= 4 is 0 Å². The van der Waals surface area contributed by atoms with Crippen LogP contribution < -0.4 is 0 Å². The second kappa shape index (κ2) is 7.14. The molecule has 0 nitrogen and oxygen atoms in total. The van der Waals surface area contributed by atoms with Crippen molar-refractivity contribution in [2.75, 3.05) is 0 Å². The monoisotopic (exact) mass is 346 g/mol. The van der Waals surface area contributed by atoms with E-state index in [1.54, 1.807) is 18.2 Å². The number of aryl methyl sites for hydroxylation is 3. The first kappa shape index (κ1) is 17.9.